The van der Waals surface area contributed by atoms with Gasteiger partial charge in [-0.15, -0.1) is 0 Å². The van der Waals surface area contributed by atoms with Crippen molar-refractivity contribution in [1.82, 2.24) is 19.9 Å². The molecule has 0 aliphatic rings. The van der Waals surface area contributed by atoms with E-state index in [1.165, 1.54) is 6.33 Å². The van der Waals surface area contributed by atoms with Gasteiger partial charge in [-0.25, -0.2) is 19.9 Å². The molecule has 3 aromatic rings. The molecule has 3 rings (SSSR count). The van der Waals surface area contributed by atoms with Crippen LogP contribution in [0.25, 0.3) is 11.1 Å². The molecule has 0 aliphatic carbocycles. The van der Waals surface area contributed by atoms with Crippen LogP contribution in [0.5, 0.6) is 11.9 Å². The summed E-state index contributed by atoms with van der Waals surface area (Å²) in [6.45, 7) is 0.527. The van der Waals surface area contributed by atoms with Gasteiger partial charge in [-0.3, -0.25) is 0 Å². The topological polar surface area (TPSA) is 70.0 Å². The van der Waals surface area contributed by atoms with Crippen LogP contribution in [-0.4, -0.2) is 33.1 Å². The van der Waals surface area contributed by atoms with Gasteiger partial charge < -0.3 is 9.47 Å². The fourth-order valence-electron chi connectivity index (χ4n) is 1.96. The maximum absolute atomic E-state index is 6.23. The number of hydrogen-bond donors (Lipinski definition) is 0. The second kappa shape index (κ2) is 8.55. The molecule has 0 spiro atoms. The van der Waals surface area contributed by atoms with E-state index < -0.39 is 0 Å². The average Bonchev–Trinajstić information content (AvgIpc) is 2.61. The summed E-state index contributed by atoms with van der Waals surface area (Å²) >= 11 is 12.9. The van der Waals surface area contributed by atoms with Crippen molar-refractivity contribution in [2.45, 2.75) is 0 Å². The standard InChI is InChI=1S/C16H11Br2ClN4O2/c17-11-3-1-10(2-4-11)13-14(19)22-9-23-15(13)24-5-6-25-16-20-7-12(18)8-21-16/h1-4,7-9H,5-6H2. The highest BCUT2D eigenvalue weighted by Gasteiger charge is 2.14. The zero-order chi connectivity index (χ0) is 17.6. The fourth-order valence-corrected chi connectivity index (χ4v) is 2.67. The molecule has 0 radical (unpaired) electrons. The van der Waals surface area contributed by atoms with Crippen LogP contribution in [0.3, 0.4) is 0 Å². The summed E-state index contributed by atoms with van der Waals surface area (Å²) in [4.78, 5) is 16.2. The summed E-state index contributed by atoms with van der Waals surface area (Å²) in [6.07, 6.45) is 4.58. The fraction of sp³-hybridized carbons (Fsp3) is 0.125. The van der Waals surface area contributed by atoms with E-state index in [9.17, 15) is 0 Å². The van der Waals surface area contributed by atoms with E-state index in [2.05, 4.69) is 51.8 Å². The van der Waals surface area contributed by atoms with Gasteiger partial charge in [0.1, 0.15) is 24.7 Å². The van der Waals surface area contributed by atoms with E-state index >= 15 is 0 Å². The molecule has 0 bridgehead atoms. The molecule has 6 nitrogen and oxygen atoms in total. The molecule has 25 heavy (non-hydrogen) atoms. The SMILES string of the molecule is Clc1ncnc(OCCOc2ncc(Br)cn2)c1-c1ccc(Br)cc1. The van der Waals surface area contributed by atoms with Crippen molar-refractivity contribution >= 4 is 43.5 Å². The number of nitrogens with zero attached hydrogens (tertiary/aromatic N) is 4. The predicted molar refractivity (Wildman–Crippen MR) is 101 cm³/mol. The molecule has 0 amide bonds. The first-order valence-corrected chi connectivity index (χ1v) is 9.09. The summed E-state index contributed by atoms with van der Waals surface area (Å²) in [5.74, 6) is 0.391. The zero-order valence-electron chi connectivity index (χ0n) is 12.7. The Bertz CT molecular complexity index is 848. The number of aromatic nitrogens is 4. The number of halogens is 3. The van der Waals surface area contributed by atoms with E-state index in [-0.39, 0.29) is 19.2 Å². The molecule has 128 valence electrons. The molecular weight excluding hydrogens is 475 g/mol. The largest absolute Gasteiger partial charge is 0.473 e. The minimum atomic E-state index is 0.260. The van der Waals surface area contributed by atoms with Crippen LogP contribution in [0.2, 0.25) is 5.15 Å². The summed E-state index contributed by atoms with van der Waals surface area (Å²) in [5.41, 5.74) is 1.50. The van der Waals surface area contributed by atoms with Crippen LogP contribution in [0.4, 0.5) is 0 Å². The molecule has 1 aromatic carbocycles. The quantitative estimate of drug-likeness (QED) is 0.376. The van der Waals surface area contributed by atoms with Gasteiger partial charge in [0.25, 0.3) is 0 Å². The Morgan fingerprint density at radius 2 is 1.52 bits per heavy atom. The Hall–Kier alpha value is -1.77. The van der Waals surface area contributed by atoms with Gasteiger partial charge in [0, 0.05) is 16.9 Å². The summed E-state index contributed by atoms with van der Waals surface area (Å²) < 4.78 is 12.9. The lowest BCUT2D eigenvalue weighted by Crippen LogP contribution is -2.11. The van der Waals surface area contributed by atoms with E-state index in [4.69, 9.17) is 21.1 Å². The molecule has 9 heteroatoms. The lowest BCUT2D eigenvalue weighted by atomic mass is 10.1. The second-order valence-corrected chi connectivity index (χ2v) is 6.92. The predicted octanol–water partition coefficient (Wildman–Crippen LogP) is 4.57. The highest BCUT2D eigenvalue weighted by atomic mass is 79.9. The van der Waals surface area contributed by atoms with Gasteiger partial charge in [0.05, 0.1) is 10.0 Å². The van der Waals surface area contributed by atoms with Crippen molar-refractivity contribution in [3.05, 3.63) is 57.1 Å². The number of hydrogen-bond acceptors (Lipinski definition) is 6. The Morgan fingerprint density at radius 1 is 0.840 bits per heavy atom. The molecule has 2 aromatic heterocycles. The molecule has 0 fully saturated rings. The van der Waals surface area contributed by atoms with Crippen molar-refractivity contribution in [2.75, 3.05) is 13.2 Å². The molecule has 0 atom stereocenters. The number of rotatable bonds is 6. The molecule has 0 saturated carbocycles. The van der Waals surface area contributed by atoms with E-state index in [0.29, 0.717) is 16.6 Å². The molecule has 2 heterocycles. The van der Waals surface area contributed by atoms with Crippen LogP contribution in [0.1, 0.15) is 0 Å². The van der Waals surface area contributed by atoms with Crippen molar-refractivity contribution in [3.8, 4) is 23.0 Å². The molecule has 0 unspecified atom stereocenters. The highest BCUT2D eigenvalue weighted by Crippen LogP contribution is 2.33. The highest BCUT2D eigenvalue weighted by molar-refractivity contribution is 9.10. The van der Waals surface area contributed by atoms with Crippen molar-refractivity contribution in [2.24, 2.45) is 0 Å². The average molecular weight is 487 g/mol. The second-order valence-electron chi connectivity index (χ2n) is 4.73. The normalized spacial score (nSPS) is 10.5. The van der Waals surface area contributed by atoms with Crippen LogP contribution >= 0.6 is 43.5 Å². The van der Waals surface area contributed by atoms with Gasteiger partial charge >= 0.3 is 6.01 Å². The Kier molecular flexibility index (Phi) is 6.17. The maximum atomic E-state index is 6.23. The van der Waals surface area contributed by atoms with Crippen LogP contribution in [-0.2, 0) is 0 Å². The van der Waals surface area contributed by atoms with Crippen LogP contribution in [0.15, 0.2) is 51.9 Å². The number of benzene rings is 1. The van der Waals surface area contributed by atoms with E-state index in [1.807, 2.05) is 24.3 Å². The minimum absolute atomic E-state index is 0.260. The van der Waals surface area contributed by atoms with Gasteiger partial charge in [0.2, 0.25) is 5.88 Å². The number of ether oxygens (including phenoxy) is 2. The van der Waals surface area contributed by atoms with Crippen molar-refractivity contribution in [1.29, 1.82) is 0 Å². The van der Waals surface area contributed by atoms with Gasteiger partial charge in [-0.2, -0.15) is 0 Å². The molecular formula is C16H11Br2ClN4O2. The lowest BCUT2D eigenvalue weighted by Gasteiger charge is -2.11. The first-order chi connectivity index (χ1) is 12.1. The van der Waals surface area contributed by atoms with E-state index in [0.717, 1.165) is 14.5 Å². The van der Waals surface area contributed by atoms with Crippen LogP contribution < -0.4 is 9.47 Å². The summed E-state index contributed by atoms with van der Waals surface area (Å²) in [5, 5.41) is 0.324. The third-order valence-electron chi connectivity index (χ3n) is 3.05. The molecule has 0 N–H and O–H groups in total. The summed E-state index contributed by atoms with van der Waals surface area (Å²) in [7, 11) is 0. The van der Waals surface area contributed by atoms with Gasteiger partial charge in [-0.05, 0) is 33.6 Å². The summed E-state index contributed by atoms with van der Waals surface area (Å²) in [6, 6.07) is 7.93. The van der Waals surface area contributed by atoms with E-state index in [1.54, 1.807) is 12.4 Å². The third kappa shape index (κ3) is 4.87. The smallest absolute Gasteiger partial charge is 0.316 e. The lowest BCUT2D eigenvalue weighted by molar-refractivity contribution is 0.202. The molecule has 0 aliphatic heterocycles. The van der Waals surface area contributed by atoms with Gasteiger partial charge in [-0.1, -0.05) is 39.7 Å². The van der Waals surface area contributed by atoms with Crippen LogP contribution in [0, 0.1) is 0 Å². The van der Waals surface area contributed by atoms with Crippen molar-refractivity contribution in [3.63, 3.8) is 0 Å². The Balaban J connectivity index is 1.67. The first kappa shape index (κ1) is 18.0. The third-order valence-corrected chi connectivity index (χ3v) is 4.27. The Labute approximate surface area is 165 Å². The zero-order valence-corrected chi connectivity index (χ0v) is 16.6. The Morgan fingerprint density at radius 3 is 2.24 bits per heavy atom. The van der Waals surface area contributed by atoms with Crippen molar-refractivity contribution < 1.29 is 9.47 Å². The van der Waals surface area contributed by atoms with Gasteiger partial charge in [0.15, 0.2) is 0 Å². The first-order valence-electron chi connectivity index (χ1n) is 7.13. The molecule has 0 saturated heterocycles. The monoisotopic (exact) mass is 484 g/mol. The minimum Gasteiger partial charge on any atom is -0.473 e. The maximum Gasteiger partial charge on any atom is 0.316 e.